The Kier molecular flexibility index (Phi) is 10.6. The van der Waals surface area contributed by atoms with Gasteiger partial charge in [0.05, 0.1) is 0 Å². The number of ether oxygens (including phenoxy) is 1. The Balaban J connectivity index is 2.55. The lowest BCUT2D eigenvalue weighted by atomic mass is 9.94. The minimum absolute atomic E-state index is 0.00950. The van der Waals surface area contributed by atoms with E-state index in [1.54, 1.807) is 25.7 Å². The number of carbonyl (C=O) groups is 3. The Morgan fingerprint density at radius 1 is 1.05 bits per heavy atom. The first-order valence-electron chi connectivity index (χ1n) is 13.9. The molecule has 1 aliphatic rings. The fraction of sp³-hybridized carbons (Fsp3) is 0.700. The molecule has 208 valence electrons. The zero-order chi connectivity index (χ0) is 28.1. The molecule has 1 fully saturated rings. The van der Waals surface area contributed by atoms with Gasteiger partial charge in [0.2, 0.25) is 11.8 Å². The van der Waals surface area contributed by atoms with Crippen molar-refractivity contribution >= 4 is 17.9 Å². The summed E-state index contributed by atoms with van der Waals surface area (Å²) in [5.41, 5.74) is 2.19. The topological polar surface area (TPSA) is 87.7 Å². The molecular weight excluding hydrogens is 466 g/mol. The molecule has 2 N–H and O–H groups in total. The van der Waals surface area contributed by atoms with Gasteiger partial charge in [-0.25, -0.2) is 4.79 Å². The predicted molar refractivity (Wildman–Crippen MR) is 148 cm³/mol. The molecule has 6 unspecified atom stereocenters. The number of rotatable bonds is 11. The SMILES string of the molecule is CCCC(C)NC(=O)C(c1cc(C)cc(C)c1)N(C(=O)C(NC(=O)OC(C)(C)C)C(C)CC)C1CC1C. The van der Waals surface area contributed by atoms with Crippen LogP contribution < -0.4 is 10.6 Å². The Hall–Kier alpha value is -2.57. The lowest BCUT2D eigenvalue weighted by molar-refractivity contribution is -0.144. The standard InChI is InChI=1S/C30H49N3O4/c1-11-13-22(7)31-27(34)26(23-15-18(3)14-19(4)16-23)33(24-17-21(24)6)28(35)25(20(5)12-2)32-29(36)37-30(8,9)10/h14-16,20-22,24-26H,11-13,17H2,1-10H3,(H,31,34)(H,32,36). The molecule has 1 aromatic rings. The molecule has 37 heavy (non-hydrogen) atoms. The molecule has 7 heteroatoms. The zero-order valence-corrected chi connectivity index (χ0v) is 24.6. The molecule has 1 aromatic carbocycles. The van der Waals surface area contributed by atoms with Crippen LogP contribution in [0.25, 0.3) is 0 Å². The van der Waals surface area contributed by atoms with E-state index in [0.717, 1.165) is 36.0 Å². The lowest BCUT2D eigenvalue weighted by Crippen LogP contribution is -2.56. The van der Waals surface area contributed by atoms with Crippen LogP contribution >= 0.6 is 0 Å². The summed E-state index contributed by atoms with van der Waals surface area (Å²) in [5, 5.41) is 6.01. The number of benzene rings is 1. The van der Waals surface area contributed by atoms with Crippen molar-refractivity contribution in [1.29, 1.82) is 0 Å². The van der Waals surface area contributed by atoms with E-state index in [1.807, 2.05) is 46.8 Å². The molecule has 1 aliphatic carbocycles. The first-order valence-corrected chi connectivity index (χ1v) is 13.9. The third kappa shape index (κ3) is 8.75. The summed E-state index contributed by atoms with van der Waals surface area (Å²) in [6.07, 6.45) is 2.69. The fourth-order valence-corrected chi connectivity index (χ4v) is 4.88. The van der Waals surface area contributed by atoms with Crippen LogP contribution in [0.15, 0.2) is 18.2 Å². The highest BCUT2D eigenvalue weighted by molar-refractivity contribution is 5.93. The van der Waals surface area contributed by atoms with Crippen molar-refractivity contribution in [2.45, 2.75) is 125 Å². The minimum atomic E-state index is -0.804. The number of hydrogen-bond acceptors (Lipinski definition) is 4. The molecule has 0 aromatic heterocycles. The summed E-state index contributed by atoms with van der Waals surface area (Å²) < 4.78 is 5.49. The van der Waals surface area contributed by atoms with Gasteiger partial charge >= 0.3 is 6.09 Å². The third-order valence-electron chi connectivity index (χ3n) is 7.03. The van der Waals surface area contributed by atoms with Crippen LogP contribution in [0.1, 0.15) is 104 Å². The van der Waals surface area contributed by atoms with Crippen molar-refractivity contribution in [2.75, 3.05) is 0 Å². The van der Waals surface area contributed by atoms with E-state index in [4.69, 9.17) is 4.74 Å². The summed E-state index contributed by atoms with van der Waals surface area (Å²) in [5.74, 6) is -0.286. The molecule has 6 atom stereocenters. The Bertz CT molecular complexity index is 934. The van der Waals surface area contributed by atoms with Gasteiger partial charge < -0.3 is 20.3 Å². The summed E-state index contributed by atoms with van der Waals surface area (Å²) in [7, 11) is 0. The van der Waals surface area contributed by atoms with Crippen molar-refractivity contribution in [3.05, 3.63) is 34.9 Å². The highest BCUT2D eigenvalue weighted by Gasteiger charge is 2.49. The molecule has 0 bridgehead atoms. The molecule has 0 saturated heterocycles. The second-order valence-electron chi connectivity index (χ2n) is 12.1. The predicted octanol–water partition coefficient (Wildman–Crippen LogP) is 5.83. The van der Waals surface area contributed by atoms with E-state index >= 15 is 0 Å². The van der Waals surface area contributed by atoms with Crippen LogP contribution in [0.2, 0.25) is 0 Å². The molecule has 3 amide bonds. The second kappa shape index (κ2) is 12.8. The number of nitrogens with zero attached hydrogens (tertiary/aromatic N) is 1. The van der Waals surface area contributed by atoms with Crippen molar-refractivity contribution in [2.24, 2.45) is 11.8 Å². The summed E-state index contributed by atoms with van der Waals surface area (Å²) in [6, 6.07) is 4.39. The van der Waals surface area contributed by atoms with Gasteiger partial charge in [0.15, 0.2) is 0 Å². The molecule has 2 rings (SSSR count). The number of hydrogen-bond donors (Lipinski definition) is 2. The average molecular weight is 516 g/mol. The van der Waals surface area contributed by atoms with E-state index < -0.39 is 23.8 Å². The third-order valence-corrected chi connectivity index (χ3v) is 7.03. The maximum Gasteiger partial charge on any atom is 0.408 e. The highest BCUT2D eigenvalue weighted by atomic mass is 16.6. The van der Waals surface area contributed by atoms with Crippen LogP contribution in [0.3, 0.4) is 0 Å². The van der Waals surface area contributed by atoms with Crippen molar-refractivity contribution < 1.29 is 19.1 Å². The number of amides is 3. The lowest BCUT2D eigenvalue weighted by Gasteiger charge is -2.37. The second-order valence-corrected chi connectivity index (χ2v) is 12.1. The van der Waals surface area contributed by atoms with E-state index in [0.29, 0.717) is 6.42 Å². The van der Waals surface area contributed by atoms with Gasteiger partial charge in [0, 0.05) is 12.1 Å². The molecule has 7 nitrogen and oxygen atoms in total. The number of aryl methyl sites for hydroxylation is 2. The summed E-state index contributed by atoms with van der Waals surface area (Å²) in [4.78, 5) is 42.8. The Labute approximate surface area is 224 Å². The minimum Gasteiger partial charge on any atom is -0.444 e. The van der Waals surface area contributed by atoms with Gasteiger partial charge in [-0.1, -0.05) is 69.9 Å². The van der Waals surface area contributed by atoms with Crippen LogP contribution in [0.4, 0.5) is 4.79 Å². The first kappa shape index (κ1) is 30.7. The fourth-order valence-electron chi connectivity index (χ4n) is 4.88. The van der Waals surface area contributed by atoms with E-state index in [1.165, 1.54) is 0 Å². The van der Waals surface area contributed by atoms with Crippen LogP contribution in [0, 0.1) is 25.7 Å². The quantitative estimate of drug-likeness (QED) is 0.388. The number of carbonyl (C=O) groups excluding carboxylic acids is 3. The Morgan fingerprint density at radius 2 is 1.62 bits per heavy atom. The monoisotopic (exact) mass is 515 g/mol. The van der Waals surface area contributed by atoms with Gasteiger partial charge in [-0.05, 0) is 71.8 Å². The number of alkyl carbamates (subject to hydrolysis) is 1. The zero-order valence-electron chi connectivity index (χ0n) is 24.6. The van der Waals surface area contributed by atoms with Crippen molar-refractivity contribution in [1.82, 2.24) is 15.5 Å². The molecule has 1 saturated carbocycles. The van der Waals surface area contributed by atoms with E-state index in [-0.39, 0.29) is 35.7 Å². The average Bonchev–Trinajstić information content (AvgIpc) is 3.48. The molecule has 0 aliphatic heterocycles. The molecule has 0 heterocycles. The molecule has 0 radical (unpaired) electrons. The first-order chi connectivity index (χ1) is 17.2. The summed E-state index contributed by atoms with van der Waals surface area (Å²) >= 11 is 0. The van der Waals surface area contributed by atoms with E-state index in [2.05, 4.69) is 30.5 Å². The highest BCUT2D eigenvalue weighted by Crippen LogP contribution is 2.41. The van der Waals surface area contributed by atoms with Crippen LogP contribution in [-0.2, 0) is 14.3 Å². The van der Waals surface area contributed by atoms with Gasteiger partial charge in [-0.15, -0.1) is 0 Å². The maximum atomic E-state index is 14.3. The van der Waals surface area contributed by atoms with Crippen molar-refractivity contribution in [3.8, 4) is 0 Å². The van der Waals surface area contributed by atoms with Crippen molar-refractivity contribution in [3.63, 3.8) is 0 Å². The van der Waals surface area contributed by atoms with Gasteiger partial charge in [0.1, 0.15) is 17.7 Å². The largest absolute Gasteiger partial charge is 0.444 e. The van der Waals surface area contributed by atoms with Gasteiger partial charge in [-0.2, -0.15) is 0 Å². The summed E-state index contributed by atoms with van der Waals surface area (Å²) in [6.45, 7) is 19.5. The smallest absolute Gasteiger partial charge is 0.408 e. The molecule has 0 spiro atoms. The number of nitrogens with one attached hydrogen (secondary N) is 2. The van der Waals surface area contributed by atoms with E-state index in [9.17, 15) is 14.4 Å². The Morgan fingerprint density at radius 3 is 2.08 bits per heavy atom. The van der Waals surface area contributed by atoms with Gasteiger partial charge in [0.25, 0.3) is 0 Å². The van der Waals surface area contributed by atoms with Gasteiger partial charge in [-0.3, -0.25) is 9.59 Å². The van der Waals surface area contributed by atoms with Crippen LogP contribution in [-0.4, -0.2) is 46.5 Å². The molecular formula is C30H49N3O4. The van der Waals surface area contributed by atoms with Crippen LogP contribution in [0.5, 0.6) is 0 Å². The normalized spacial score (nSPS) is 20.3. The maximum absolute atomic E-state index is 14.3.